The minimum absolute atomic E-state index is 0.155. The largest absolute Gasteiger partial charge is 0.529 e. The lowest BCUT2D eigenvalue weighted by molar-refractivity contribution is -0.245. The normalized spacial score (nSPS) is 10.7. The van der Waals surface area contributed by atoms with Gasteiger partial charge >= 0.3 is 0 Å². The Hall–Kier alpha value is -1.39. The Morgan fingerprint density at radius 2 is 2.17 bits per heavy atom. The molecule has 0 aliphatic rings. The van der Waals surface area contributed by atoms with Crippen LogP contribution in [0.15, 0.2) is 24.6 Å². The van der Waals surface area contributed by atoms with Crippen molar-refractivity contribution < 1.29 is 14.6 Å². The number of aryl methyl sites for hydroxylation is 1. The summed E-state index contributed by atoms with van der Waals surface area (Å²) in [5.74, 6) is 0. The lowest BCUT2D eigenvalue weighted by Gasteiger charge is -2.24. The van der Waals surface area contributed by atoms with Crippen LogP contribution in [0.25, 0.3) is 0 Å². The number of hydrogen-bond donors (Lipinski definition) is 0. The van der Waals surface area contributed by atoms with E-state index in [-0.39, 0.29) is 15.7 Å². The fourth-order valence-corrected chi connectivity index (χ4v) is 1.81. The molecule has 0 spiro atoms. The molecule has 0 aliphatic heterocycles. The van der Waals surface area contributed by atoms with E-state index in [2.05, 4.69) is 0 Å². The third-order valence-corrected chi connectivity index (χ3v) is 2.98. The number of carbonyl (C=O) groups is 1. The summed E-state index contributed by atoms with van der Waals surface area (Å²) in [5.41, 5.74) is 0.926. The van der Waals surface area contributed by atoms with E-state index in [1.165, 1.54) is 12.5 Å². The molecule has 18 heavy (non-hydrogen) atoms. The van der Waals surface area contributed by atoms with Crippen LogP contribution in [0.4, 0.5) is 10.5 Å². The maximum Gasteiger partial charge on any atom is 0.146 e. The van der Waals surface area contributed by atoms with E-state index in [1.54, 1.807) is 26.0 Å². The van der Waals surface area contributed by atoms with Gasteiger partial charge in [-0.2, -0.15) is 0 Å². The van der Waals surface area contributed by atoms with Gasteiger partial charge < -0.3 is 14.6 Å². The van der Waals surface area contributed by atoms with E-state index in [0.29, 0.717) is 12.2 Å². The maximum atomic E-state index is 11.1. The van der Waals surface area contributed by atoms with Crippen LogP contribution >= 0.6 is 23.2 Å². The van der Waals surface area contributed by atoms with Gasteiger partial charge in [0, 0.05) is 6.20 Å². The average Bonchev–Trinajstić information content (AvgIpc) is 2.32. The summed E-state index contributed by atoms with van der Waals surface area (Å²) >= 11 is 11.9. The molecule has 0 bridgehead atoms. The van der Waals surface area contributed by atoms with Gasteiger partial charge in [0.05, 0.1) is 28.6 Å². The predicted molar refractivity (Wildman–Crippen MR) is 69.8 cm³/mol. The second-order valence-electron chi connectivity index (χ2n) is 3.40. The number of anilines is 1. The predicted octanol–water partition coefficient (Wildman–Crippen LogP) is 2.96. The quantitative estimate of drug-likeness (QED) is 0.801. The standard InChI is InChI=1S/C12H13Cl2NO3/c1-3-18-7-6-15(12(16)17)11-8(2)4-5-9(13)10(11)14/h4-7H,3H2,1-2H3,(H,16,17)/p-1/b7-6+. The van der Waals surface area contributed by atoms with Crippen molar-refractivity contribution in [2.75, 3.05) is 11.5 Å². The number of halogens is 2. The second-order valence-corrected chi connectivity index (χ2v) is 4.19. The van der Waals surface area contributed by atoms with Crippen LogP contribution in [0.2, 0.25) is 10.0 Å². The van der Waals surface area contributed by atoms with Crippen molar-refractivity contribution in [3.05, 3.63) is 40.2 Å². The van der Waals surface area contributed by atoms with E-state index in [9.17, 15) is 9.90 Å². The van der Waals surface area contributed by atoms with E-state index in [4.69, 9.17) is 27.9 Å². The van der Waals surface area contributed by atoms with Gasteiger partial charge in [-0.3, -0.25) is 4.90 Å². The van der Waals surface area contributed by atoms with Crippen LogP contribution in [0.5, 0.6) is 0 Å². The summed E-state index contributed by atoms with van der Waals surface area (Å²) < 4.78 is 4.96. The third-order valence-electron chi connectivity index (χ3n) is 2.18. The Bertz CT molecular complexity index is 475. The molecule has 0 fully saturated rings. The smallest absolute Gasteiger partial charge is 0.146 e. The van der Waals surface area contributed by atoms with Crippen LogP contribution in [-0.2, 0) is 4.74 Å². The highest BCUT2D eigenvalue weighted by Gasteiger charge is 2.14. The summed E-state index contributed by atoms with van der Waals surface area (Å²) in [7, 11) is 0. The van der Waals surface area contributed by atoms with Gasteiger partial charge in [0.2, 0.25) is 0 Å². The van der Waals surface area contributed by atoms with Crippen molar-refractivity contribution in [3.8, 4) is 0 Å². The molecule has 98 valence electrons. The van der Waals surface area contributed by atoms with Crippen molar-refractivity contribution in [3.63, 3.8) is 0 Å². The molecule has 1 rings (SSSR count). The van der Waals surface area contributed by atoms with Crippen LogP contribution in [0.3, 0.4) is 0 Å². The highest BCUT2D eigenvalue weighted by molar-refractivity contribution is 6.44. The Morgan fingerprint density at radius 1 is 1.50 bits per heavy atom. The van der Waals surface area contributed by atoms with Gasteiger partial charge in [-0.25, -0.2) is 0 Å². The van der Waals surface area contributed by atoms with Gasteiger partial charge in [0.1, 0.15) is 6.09 Å². The summed E-state index contributed by atoms with van der Waals surface area (Å²) in [6.45, 7) is 3.94. The number of amides is 1. The maximum absolute atomic E-state index is 11.1. The number of hydrogen-bond acceptors (Lipinski definition) is 3. The Morgan fingerprint density at radius 3 is 2.72 bits per heavy atom. The Balaban J connectivity index is 3.22. The number of nitrogens with zero attached hydrogens (tertiary/aromatic N) is 1. The monoisotopic (exact) mass is 288 g/mol. The zero-order valence-electron chi connectivity index (χ0n) is 9.94. The molecule has 0 saturated carbocycles. The topological polar surface area (TPSA) is 52.6 Å². The van der Waals surface area contributed by atoms with Gasteiger partial charge in [-0.05, 0) is 25.5 Å². The number of benzene rings is 1. The molecule has 6 heteroatoms. The second kappa shape index (κ2) is 6.52. The zero-order valence-corrected chi connectivity index (χ0v) is 11.5. The summed E-state index contributed by atoms with van der Waals surface area (Å²) in [4.78, 5) is 12.0. The first kappa shape index (κ1) is 14.7. The fourth-order valence-electron chi connectivity index (χ4n) is 1.36. The molecule has 0 N–H and O–H groups in total. The minimum Gasteiger partial charge on any atom is -0.529 e. The Labute approximate surface area is 115 Å². The van der Waals surface area contributed by atoms with Gasteiger partial charge in [-0.1, -0.05) is 29.3 Å². The van der Waals surface area contributed by atoms with Crippen LogP contribution in [0.1, 0.15) is 12.5 Å². The van der Waals surface area contributed by atoms with Crippen molar-refractivity contribution in [2.24, 2.45) is 0 Å². The van der Waals surface area contributed by atoms with Gasteiger partial charge in [-0.15, -0.1) is 0 Å². The molecule has 0 heterocycles. The third kappa shape index (κ3) is 3.31. The molecule has 1 amide bonds. The fraction of sp³-hybridized carbons (Fsp3) is 0.250. The molecule has 0 saturated heterocycles. The highest BCUT2D eigenvalue weighted by atomic mass is 35.5. The van der Waals surface area contributed by atoms with Crippen LogP contribution in [0, 0.1) is 6.92 Å². The first-order valence-electron chi connectivity index (χ1n) is 5.22. The van der Waals surface area contributed by atoms with E-state index in [1.807, 2.05) is 0 Å². The molecule has 1 aromatic carbocycles. The van der Waals surface area contributed by atoms with Crippen molar-refractivity contribution in [2.45, 2.75) is 13.8 Å². The molecule has 0 aliphatic carbocycles. The van der Waals surface area contributed by atoms with Gasteiger partial charge in [0.15, 0.2) is 0 Å². The number of rotatable bonds is 4. The van der Waals surface area contributed by atoms with Gasteiger partial charge in [0.25, 0.3) is 0 Å². The summed E-state index contributed by atoms with van der Waals surface area (Å²) in [5, 5.41) is 11.5. The van der Waals surface area contributed by atoms with Crippen LogP contribution in [-0.4, -0.2) is 12.7 Å². The first-order chi connectivity index (χ1) is 8.49. The minimum atomic E-state index is -1.42. The van der Waals surface area contributed by atoms with Crippen molar-refractivity contribution in [1.29, 1.82) is 0 Å². The SMILES string of the molecule is CCO/C=C/N(C(=O)[O-])c1c(C)ccc(Cl)c1Cl. The van der Waals surface area contributed by atoms with E-state index in [0.717, 1.165) is 4.90 Å². The Kier molecular flexibility index (Phi) is 5.31. The first-order valence-corrected chi connectivity index (χ1v) is 5.97. The molecule has 4 nitrogen and oxygen atoms in total. The van der Waals surface area contributed by atoms with Crippen molar-refractivity contribution in [1.82, 2.24) is 0 Å². The lowest BCUT2D eigenvalue weighted by Crippen LogP contribution is -2.38. The van der Waals surface area contributed by atoms with E-state index < -0.39 is 6.09 Å². The molecule has 1 aromatic rings. The average molecular weight is 289 g/mol. The molecule has 0 unspecified atom stereocenters. The zero-order chi connectivity index (χ0) is 13.7. The lowest BCUT2D eigenvalue weighted by atomic mass is 10.2. The van der Waals surface area contributed by atoms with Crippen LogP contribution < -0.4 is 10.0 Å². The summed E-state index contributed by atoms with van der Waals surface area (Å²) in [6, 6.07) is 3.27. The molecular weight excluding hydrogens is 277 g/mol. The van der Waals surface area contributed by atoms with E-state index >= 15 is 0 Å². The number of carboxylic acid groups (broad SMARTS) is 1. The molecular formula is C12H12Cl2NO3-. The molecule has 0 atom stereocenters. The molecule has 0 radical (unpaired) electrons. The molecule has 0 aromatic heterocycles. The summed E-state index contributed by atoms with van der Waals surface area (Å²) in [6.07, 6.45) is 1.06. The number of carbonyl (C=O) groups excluding carboxylic acids is 1. The number of ether oxygens (including phenoxy) is 1. The van der Waals surface area contributed by atoms with Crippen molar-refractivity contribution >= 4 is 35.0 Å². The highest BCUT2D eigenvalue weighted by Crippen LogP contribution is 2.35.